The maximum absolute atomic E-state index is 12.0. The topological polar surface area (TPSA) is 66.0 Å². The van der Waals surface area contributed by atoms with Gasteiger partial charge in [0.15, 0.2) is 5.96 Å². The Hall–Kier alpha value is -1.51. The zero-order chi connectivity index (χ0) is 19.5. The van der Waals surface area contributed by atoms with Crippen LogP contribution >= 0.6 is 24.0 Å². The highest BCUT2D eigenvalue weighted by atomic mass is 127. The molecule has 1 aromatic rings. The maximum Gasteiger partial charge on any atom is 0.220 e. The van der Waals surface area contributed by atoms with Gasteiger partial charge >= 0.3 is 0 Å². The summed E-state index contributed by atoms with van der Waals surface area (Å²) in [4.78, 5) is 18.7. The molecule has 0 aliphatic heterocycles. The fourth-order valence-corrected chi connectivity index (χ4v) is 3.46. The van der Waals surface area contributed by atoms with Gasteiger partial charge in [0.25, 0.3) is 0 Å². The van der Waals surface area contributed by atoms with E-state index < -0.39 is 0 Å². The molecule has 1 amide bonds. The number of nitrogens with one attached hydrogen (secondary N) is 2. The summed E-state index contributed by atoms with van der Waals surface area (Å²) in [6, 6.07) is 8.05. The third-order valence-electron chi connectivity index (χ3n) is 4.92. The van der Waals surface area contributed by atoms with E-state index in [0.717, 1.165) is 24.8 Å². The number of benzene rings is 1. The van der Waals surface area contributed by atoms with E-state index in [1.807, 2.05) is 19.2 Å². The third-order valence-corrected chi connectivity index (χ3v) is 4.92. The van der Waals surface area contributed by atoms with E-state index in [2.05, 4.69) is 39.6 Å². The molecule has 0 spiro atoms. The van der Waals surface area contributed by atoms with Crippen molar-refractivity contribution in [1.29, 1.82) is 0 Å². The molecule has 0 bridgehead atoms. The second-order valence-corrected chi connectivity index (χ2v) is 7.14. The molecule has 1 aromatic carbocycles. The Morgan fingerprint density at radius 2 is 1.89 bits per heavy atom. The summed E-state index contributed by atoms with van der Waals surface area (Å²) in [5.74, 6) is 2.45. The first-order valence-corrected chi connectivity index (χ1v) is 10.0. The van der Waals surface area contributed by atoms with Gasteiger partial charge in [-0.2, -0.15) is 0 Å². The number of halogens is 1. The molecule has 6 nitrogen and oxygen atoms in total. The second kappa shape index (κ2) is 13.6. The van der Waals surface area contributed by atoms with Crippen LogP contribution in [0.4, 0.5) is 0 Å². The molecule has 7 heteroatoms. The number of carbonyl (C=O) groups excluding carboxylic acids is 1. The number of ether oxygens (including phenoxy) is 1. The molecule has 0 saturated heterocycles. The van der Waals surface area contributed by atoms with E-state index in [0.29, 0.717) is 25.4 Å². The van der Waals surface area contributed by atoms with Crippen LogP contribution in [0.3, 0.4) is 0 Å². The minimum atomic E-state index is 0. The highest BCUT2D eigenvalue weighted by Gasteiger charge is 2.17. The summed E-state index contributed by atoms with van der Waals surface area (Å²) in [5.41, 5.74) is 1.19. The Morgan fingerprint density at radius 1 is 1.21 bits per heavy atom. The number of hydrogen-bond donors (Lipinski definition) is 2. The van der Waals surface area contributed by atoms with Gasteiger partial charge in [0.1, 0.15) is 5.75 Å². The molecule has 1 aliphatic rings. The van der Waals surface area contributed by atoms with E-state index >= 15 is 0 Å². The van der Waals surface area contributed by atoms with E-state index in [1.165, 1.54) is 31.2 Å². The molecular formula is C21H35IN4O2. The average Bonchev–Trinajstić information content (AvgIpc) is 3.17. The summed E-state index contributed by atoms with van der Waals surface area (Å²) in [5, 5.41) is 6.31. The number of rotatable bonds is 9. The lowest BCUT2D eigenvalue weighted by Crippen LogP contribution is -2.39. The quantitative estimate of drug-likeness (QED) is 0.235. The Morgan fingerprint density at radius 3 is 2.50 bits per heavy atom. The van der Waals surface area contributed by atoms with E-state index in [1.54, 1.807) is 7.11 Å². The third kappa shape index (κ3) is 8.67. The highest BCUT2D eigenvalue weighted by molar-refractivity contribution is 14.0. The van der Waals surface area contributed by atoms with Gasteiger partial charge in [0.05, 0.1) is 13.7 Å². The van der Waals surface area contributed by atoms with Crippen molar-refractivity contribution in [3.05, 3.63) is 29.8 Å². The van der Waals surface area contributed by atoms with Gasteiger partial charge in [0.2, 0.25) is 5.91 Å². The van der Waals surface area contributed by atoms with Crippen molar-refractivity contribution >= 4 is 35.8 Å². The minimum absolute atomic E-state index is 0. The normalized spacial score (nSPS) is 14.3. The van der Waals surface area contributed by atoms with Crippen LogP contribution in [-0.2, 0) is 11.3 Å². The molecule has 0 unspecified atom stereocenters. The van der Waals surface area contributed by atoms with Crippen molar-refractivity contribution in [2.45, 2.75) is 45.6 Å². The second-order valence-electron chi connectivity index (χ2n) is 7.14. The largest absolute Gasteiger partial charge is 0.497 e. The monoisotopic (exact) mass is 502 g/mol. The lowest BCUT2D eigenvalue weighted by atomic mass is 10.0. The molecule has 28 heavy (non-hydrogen) atoms. The number of carbonyl (C=O) groups is 1. The van der Waals surface area contributed by atoms with Crippen molar-refractivity contribution < 1.29 is 9.53 Å². The van der Waals surface area contributed by atoms with Gasteiger partial charge in [-0.15, -0.1) is 24.0 Å². The number of aliphatic imine (C=N–C) groups is 1. The molecule has 2 rings (SSSR count). The summed E-state index contributed by atoms with van der Waals surface area (Å²) in [6.45, 7) is 4.77. The zero-order valence-corrected chi connectivity index (χ0v) is 19.7. The van der Waals surface area contributed by atoms with Gasteiger partial charge in [-0.1, -0.05) is 25.0 Å². The molecule has 158 valence electrons. The number of nitrogens with zero attached hydrogens (tertiary/aromatic N) is 2. The predicted molar refractivity (Wildman–Crippen MR) is 125 cm³/mol. The molecule has 0 atom stereocenters. The van der Waals surface area contributed by atoms with Crippen LogP contribution in [0.2, 0.25) is 0 Å². The van der Waals surface area contributed by atoms with Crippen LogP contribution in [0.1, 0.15) is 44.6 Å². The number of hydrogen-bond acceptors (Lipinski definition) is 3. The standard InChI is InChI=1S/C21H34N4O2.HI/c1-4-22-21(25(2)16-18-9-11-19(27-3)12-10-18)24-14-13-23-20(26)15-17-7-5-6-8-17;/h9-12,17H,4-8,13-16H2,1-3H3,(H,22,24)(H,23,26);1H. The fraction of sp³-hybridized carbons (Fsp3) is 0.619. The Balaban J connectivity index is 0.00000392. The number of amides is 1. The zero-order valence-electron chi connectivity index (χ0n) is 17.4. The van der Waals surface area contributed by atoms with E-state index in [4.69, 9.17) is 4.74 Å². The Kier molecular flexibility index (Phi) is 11.9. The average molecular weight is 502 g/mol. The van der Waals surface area contributed by atoms with Gasteiger partial charge < -0.3 is 20.3 Å². The number of methoxy groups -OCH3 is 1. The van der Waals surface area contributed by atoms with Crippen LogP contribution in [0.25, 0.3) is 0 Å². The summed E-state index contributed by atoms with van der Waals surface area (Å²) in [6.07, 6.45) is 5.61. The van der Waals surface area contributed by atoms with Crippen molar-refractivity contribution in [1.82, 2.24) is 15.5 Å². The smallest absolute Gasteiger partial charge is 0.220 e. The maximum atomic E-state index is 12.0. The van der Waals surface area contributed by atoms with Gasteiger partial charge in [-0.25, -0.2) is 0 Å². The fourth-order valence-electron chi connectivity index (χ4n) is 3.46. The van der Waals surface area contributed by atoms with Crippen molar-refractivity contribution in [2.24, 2.45) is 10.9 Å². The molecule has 2 N–H and O–H groups in total. The van der Waals surface area contributed by atoms with Crippen LogP contribution < -0.4 is 15.4 Å². The first kappa shape index (κ1) is 24.5. The summed E-state index contributed by atoms with van der Waals surface area (Å²) < 4.78 is 5.20. The van der Waals surface area contributed by atoms with Gasteiger partial charge in [0, 0.05) is 33.1 Å². The van der Waals surface area contributed by atoms with Gasteiger partial charge in [-0.05, 0) is 43.4 Å². The lowest BCUT2D eigenvalue weighted by Gasteiger charge is -2.22. The molecule has 1 fully saturated rings. The van der Waals surface area contributed by atoms with Crippen LogP contribution in [0.5, 0.6) is 5.75 Å². The van der Waals surface area contributed by atoms with Crippen molar-refractivity contribution in [2.75, 3.05) is 33.8 Å². The highest BCUT2D eigenvalue weighted by Crippen LogP contribution is 2.27. The van der Waals surface area contributed by atoms with Crippen LogP contribution in [-0.4, -0.2) is 50.6 Å². The Labute approximate surface area is 186 Å². The van der Waals surface area contributed by atoms with Crippen molar-refractivity contribution in [3.8, 4) is 5.75 Å². The van der Waals surface area contributed by atoms with E-state index in [9.17, 15) is 4.79 Å². The molecule has 0 aromatic heterocycles. The minimum Gasteiger partial charge on any atom is -0.497 e. The number of guanidine groups is 1. The van der Waals surface area contributed by atoms with Gasteiger partial charge in [-0.3, -0.25) is 9.79 Å². The summed E-state index contributed by atoms with van der Waals surface area (Å²) in [7, 11) is 3.69. The molecular weight excluding hydrogens is 467 g/mol. The van der Waals surface area contributed by atoms with E-state index in [-0.39, 0.29) is 29.9 Å². The predicted octanol–water partition coefficient (Wildman–Crippen LogP) is 3.41. The lowest BCUT2D eigenvalue weighted by molar-refractivity contribution is -0.121. The SMILES string of the molecule is CCNC(=NCCNC(=O)CC1CCCC1)N(C)Cc1ccc(OC)cc1.I. The van der Waals surface area contributed by atoms with Crippen LogP contribution in [0.15, 0.2) is 29.3 Å². The summed E-state index contributed by atoms with van der Waals surface area (Å²) >= 11 is 0. The molecule has 1 aliphatic carbocycles. The first-order chi connectivity index (χ1) is 13.1. The van der Waals surface area contributed by atoms with Crippen molar-refractivity contribution in [3.63, 3.8) is 0 Å². The first-order valence-electron chi connectivity index (χ1n) is 10.0. The molecule has 0 radical (unpaired) electrons. The Bertz CT molecular complexity index is 601. The molecule has 1 saturated carbocycles. The molecule has 0 heterocycles. The van der Waals surface area contributed by atoms with Crippen LogP contribution in [0, 0.1) is 5.92 Å².